The molecule has 0 bridgehead atoms. The molecular formula is C13H13BrN2O5. The Morgan fingerprint density at radius 1 is 1.33 bits per heavy atom. The van der Waals surface area contributed by atoms with Gasteiger partial charge in [0.2, 0.25) is 5.75 Å². The average molecular weight is 357 g/mol. The largest absolute Gasteiger partial charge is 0.504 e. The summed E-state index contributed by atoms with van der Waals surface area (Å²) in [6.45, 7) is 0. The number of carbonyl (C=O) groups is 1. The molecule has 2 rings (SSSR count). The summed E-state index contributed by atoms with van der Waals surface area (Å²) in [6.07, 6.45) is 0. The minimum absolute atomic E-state index is 0.117. The van der Waals surface area contributed by atoms with Crippen molar-refractivity contribution in [2.75, 3.05) is 14.2 Å². The number of rotatable bonds is 4. The van der Waals surface area contributed by atoms with Crippen LogP contribution >= 0.6 is 15.9 Å². The van der Waals surface area contributed by atoms with Crippen LogP contribution in [-0.2, 0) is 7.05 Å². The number of aryl methyl sites for hydroxylation is 1. The Morgan fingerprint density at radius 2 is 2.00 bits per heavy atom. The third kappa shape index (κ3) is 2.54. The van der Waals surface area contributed by atoms with Gasteiger partial charge in [0, 0.05) is 11.5 Å². The number of aromatic carboxylic acids is 1. The standard InChI is InChI=1S/C13H13BrN2O5/c1-16-8(5-7(15-16)13(18)19)10-6(14)4-9(20-2)12(21-3)11(10)17/h4-5,17H,1-3H3,(H,18,19). The van der Waals surface area contributed by atoms with Crippen molar-refractivity contribution < 1.29 is 24.5 Å². The monoisotopic (exact) mass is 356 g/mol. The predicted octanol–water partition coefficient (Wildman–Crippen LogP) is 2.27. The van der Waals surface area contributed by atoms with Crippen molar-refractivity contribution in [3.8, 4) is 28.5 Å². The van der Waals surface area contributed by atoms with Crippen molar-refractivity contribution in [3.05, 3.63) is 22.3 Å². The minimum atomic E-state index is -1.15. The molecule has 21 heavy (non-hydrogen) atoms. The zero-order valence-electron chi connectivity index (χ0n) is 11.5. The van der Waals surface area contributed by atoms with Crippen LogP contribution in [-0.4, -0.2) is 40.2 Å². The van der Waals surface area contributed by atoms with E-state index in [9.17, 15) is 9.90 Å². The number of hydrogen-bond acceptors (Lipinski definition) is 5. The van der Waals surface area contributed by atoms with Crippen LogP contribution in [0.4, 0.5) is 0 Å². The first kappa shape index (κ1) is 15.2. The maximum absolute atomic E-state index is 11.0. The summed E-state index contributed by atoms with van der Waals surface area (Å²) in [5.41, 5.74) is 0.682. The van der Waals surface area contributed by atoms with E-state index in [1.54, 1.807) is 13.1 Å². The van der Waals surface area contributed by atoms with Gasteiger partial charge < -0.3 is 19.7 Å². The summed E-state index contributed by atoms with van der Waals surface area (Å²) in [5.74, 6) is -0.795. The number of aromatic hydroxyl groups is 1. The number of phenolic OH excluding ortho intramolecular Hbond substituents is 1. The first-order valence-electron chi connectivity index (χ1n) is 5.81. The summed E-state index contributed by atoms with van der Waals surface area (Å²) >= 11 is 3.34. The third-order valence-corrected chi connectivity index (χ3v) is 3.58. The van der Waals surface area contributed by atoms with Gasteiger partial charge >= 0.3 is 5.97 Å². The smallest absolute Gasteiger partial charge is 0.356 e. The molecule has 0 unspecified atom stereocenters. The molecule has 0 saturated carbocycles. The van der Waals surface area contributed by atoms with Crippen molar-refractivity contribution in [2.45, 2.75) is 0 Å². The molecule has 0 saturated heterocycles. The van der Waals surface area contributed by atoms with E-state index in [1.165, 1.54) is 25.0 Å². The van der Waals surface area contributed by atoms with Crippen LogP contribution in [0.1, 0.15) is 10.5 Å². The number of phenols is 1. The topological polar surface area (TPSA) is 93.8 Å². The van der Waals surface area contributed by atoms with Gasteiger partial charge in [0.25, 0.3) is 0 Å². The molecule has 2 aromatic rings. The molecular weight excluding hydrogens is 344 g/mol. The number of halogens is 1. The Hall–Kier alpha value is -2.22. The minimum Gasteiger partial charge on any atom is -0.504 e. The number of hydrogen-bond donors (Lipinski definition) is 2. The van der Waals surface area contributed by atoms with Crippen molar-refractivity contribution in [3.63, 3.8) is 0 Å². The fourth-order valence-corrected chi connectivity index (χ4v) is 2.59. The van der Waals surface area contributed by atoms with Crippen molar-refractivity contribution in [2.24, 2.45) is 7.05 Å². The lowest BCUT2D eigenvalue weighted by atomic mass is 10.1. The molecule has 112 valence electrons. The predicted molar refractivity (Wildman–Crippen MR) is 78.1 cm³/mol. The lowest BCUT2D eigenvalue weighted by Gasteiger charge is -2.14. The molecule has 0 spiro atoms. The number of benzene rings is 1. The fraction of sp³-hybridized carbons (Fsp3) is 0.231. The molecule has 1 heterocycles. The van der Waals surface area contributed by atoms with Gasteiger partial charge in [-0.2, -0.15) is 5.10 Å². The zero-order chi connectivity index (χ0) is 15.7. The second-order valence-electron chi connectivity index (χ2n) is 4.16. The van der Waals surface area contributed by atoms with E-state index in [-0.39, 0.29) is 17.2 Å². The number of methoxy groups -OCH3 is 2. The van der Waals surface area contributed by atoms with Gasteiger partial charge in [-0.25, -0.2) is 4.79 Å². The second-order valence-corrected chi connectivity index (χ2v) is 5.02. The van der Waals surface area contributed by atoms with E-state index in [0.717, 1.165) is 0 Å². The van der Waals surface area contributed by atoms with Gasteiger partial charge in [-0.1, -0.05) is 0 Å². The van der Waals surface area contributed by atoms with Crippen LogP contribution in [0.3, 0.4) is 0 Å². The highest BCUT2D eigenvalue weighted by Crippen LogP contribution is 2.47. The van der Waals surface area contributed by atoms with Gasteiger partial charge in [0.05, 0.1) is 25.5 Å². The Kier molecular flexibility index (Phi) is 4.08. The molecule has 0 aliphatic carbocycles. The van der Waals surface area contributed by atoms with Gasteiger partial charge in [-0.15, -0.1) is 0 Å². The molecule has 0 aliphatic heterocycles. The maximum atomic E-state index is 11.0. The first-order chi connectivity index (χ1) is 9.90. The van der Waals surface area contributed by atoms with Crippen molar-refractivity contribution >= 4 is 21.9 Å². The molecule has 2 N–H and O–H groups in total. The Morgan fingerprint density at radius 3 is 2.48 bits per heavy atom. The number of aromatic nitrogens is 2. The molecule has 0 atom stereocenters. The van der Waals surface area contributed by atoms with E-state index in [0.29, 0.717) is 21.5 Å². The third-order valence-electron chi connectivity index (χ3n) is 2.95. The fourth-order valence-electron chi connectivity index (χ4n) is 1.99. The van der Waals surface area contributed by atoms with Gasteiger partial charge in [0.1, 0.15) is 0 Å². The van der Waals surface area contributed by atoms with Crippen LogP contribution in [0.25, 0.3) is 11.3 Å². The molecule has 7 nitrogen and oxygen atoms in total. The highest BCUT2D eigenvalue weighted by atomic mass is 79.9. The molecule has 0 radical (unpaired) electrons. The van der Waals surface area contributed by atoms with Gasteiger partial charge in [-0.3, -0.25) is 4.68 Å². The van der Waals surface area contributed by atoms with Crippen LogP contribution in [0.5, 0.6) is 17.2 Å². The SMILES string of the molecule is COc1cc(Br)c(-c2cc(C(=O)O)nn2C)c(O)c1OC. The van der Waals surface area contributed by atoms with Crippen LogP contribution in [0.15, 0.2) is 16.6 Å². The van der Waals surface area contributed by atoms with Crippen molar-refractivity contribution in [1.29, 1.82) is 0 Å². The summed E-state index contributed by atoms with van der Waals surface area (Å²) in [6, 6.07) is 3.00. The summed E-state index contributed by atoms with van der Waals surface area (Å²) in [4.78, 5) is 11.0. The highest BCUT2D eigenvalue weighted by Gasteiger charge is 2.23. The molecule has 0 fully saturated rings. The first-order valence-corrected chi connectivity index (χ1v) is 6.61. The van der Waals surface area contributed by atoms with E-state index in [4.69, 9.17) is 14.6 Å². The second kappa shape index (κ2) is 5.65. The van der Waals surface area contributed by atoms with Crippen LogP contribution in [0.2, 0.25) is 0 Å². The number of nitrogens with zero attached hydrogens (tertiary/aromatic N) is 2. The van der Waals surface area contributed by atoms with Crippen molar-refractivity contribution in [1.82, 2.24) is 9.78 Å². The van der Waals surface area contributed by atoms with Gasteiger partial charge in [-0.05, 0) is 28.1 Å². The quantitative estimate of drug-likeness (QED) is 0.872. The van der Waals surface area contributed by atoms with Crippen LogP contribution < -0.4 is 9.47 Å². The Balaban J connectivity index is 2.72. The lowest BCUT2D eigenvalue weighted by Crippen LogP contribution is -2.00. The molecule has 1 aromatic carbocycles. The van der Waals surface area contributed by atoms with E-state index in [1.807, 2.05) is 0 Å². The summed E-state index contributed by atoms with van der Waals surface area (Å²) in [7, 11) is 4.45. The average Bonchev–Trinajstić information content (AvgIpc) is 2.80. The van der Waals surface area contributed by atoms with E-state index < -0.39 is 5.97 Å². The maximum Gasteiger partial charge on any atom is 0.356 e. The normalized spacial score (nSPS) is 10.5. The molecule has 0 aliphatic rings. The lowest BCUT2D eigenvalue weighted by molar-refractivity contribution is 0.0689. The van der Waals surface area contributed by atoms with E-state index >= 15 is 0 Å². The zero-order valence-corrected chi connectivity index (χ0v) is 13.1. The Bertz CT molecular complexity index is 711. The Labute approximate surface area is 128 Å². The molecule has 1 aromatic heterocycles. The van der Waals surface area contributed by atoms with Crippen LogP contribution in [0, 0.1) is 0 Å². The van der Waals surface area contributed by atoms with Gasteiger partial charge in [0.15, 0.2) is 17.2 Å². The summed E-state index contributed by atoms with van der Waals surface area (Å²) in [5, 5.41) is 23.3. The highest BCUT2D eigenvalue weighted by molar-refractivity contribution is 9.10. The van der Waals surface area contributed by atoms with E-state index in [2.05, 4.69) is 21.0 Å². The molecule has 0 amide bonds. The summed E-state index contributed by atoms with van der Waals surface area (Å²) < 4.78 is 12.2. The number of carboxylic acid groups (broad SMARTS) is 1. The number of carboxylic acids is 1. The molecule has 8 heteroatoms. The number of ether oxygens (including phenoxy) is 2.